The Bertz CT molecular complexity index is 283. The molecule has 1 aliphatic rings. The summed E-state index contributed by atoms with van der Waals surface area (Å²) in [5.41, 5.74) is 0. The number of carbonyl (C=O) groups is 2. The molecule has 1 heterocycles. The summed E-state index contributed by atoms with van der Waals surface area (Å²) in [4.78, 5) is 23.8. The highest BCUT2D eigenvalue weighted by Crippen LogP contribution is 2.11. The average molecular weight is 258 g/mol. The minimum atomic E-state index is -0.928. The number of ether oxygens (including phenoxy) is 1. The average Bonchev–Trinajstić information content (AvgIpc) is 2.55. The third-order valence-corrected chi connectivity index (χ3v) is 2.99. The lowest BCUT2D eigenvalue weighted by Crippen LogP contribution is -2.44. The molecule has 1 saturated heterocycles. The minimum Gasteiger partial charge on any atom is -0.465 e. The Labute approximate surface area is 107 Å². The van der Waals surface area contributed by atoms with E-state index in [1.54, 1.807) is 0 Å². The highest BCUT2D eigenvalue weighted by molar-refractivity contribution is 5.68. The van der Waals surface area contributed by atoms with E-state index in [-0.39, 0.29) is 6.04 Å². The van der Waals surface area contributed by atoms with E-state index in [4.69, 9.17) is 9.84 Å². The Hall–Kier alpha value is -1.46. The van der Waals surface area contributed by atoms with Crippen molar-refractivity contribution in [2.24, 2.45) is 0 Å². The highest BCUT2D eigenvalue weighted by Gasteiger charge is 2.22. The molecule has 0 spiro atoms. The van der Waals surface area contributed by atoms with Crippen molar-refractivity contribution in [3.63, 3.8) is 0 Å². The molecule has 0 unspecified atom stereocenters. The van der Waals surface area contributed by atoms with E-state index < -0.39 is 12.2 Å². The van der Waals surface area contributed by atoms with E-state index in [0.717, 1.165) is 32.1 Å². The molecule has 1 atom stereocenters. The number of nitrogens with one attached hydrogen (secondary N) is 1. The first kappa shape index (κ1) is 14.6. The number of likely N-dealkylation sites (tertiary alicyclic amines) is 1. The van der Waals surface area contributed by atoms with E-state index in [1.165, 1.54) is 4.90 Å². The van der Waals surface area contributed by atoms with E-state index in [2.05, 4.69) is 5.32 Å². The fourth-order valence-corrected chi connectivity index (χ4v) is 1.95. The fourth-order valence-electron chi connectivity index (χ4n) is 1.95. The number of carboxylic acid groups (broad SMARTS) is 1. The van der Waals surface area contributed by atoms with Crippen LogP contribution in [0.5, 0.6) is 0 Å². The number of alkyl carbamates (subject to hydrolysis) is 1. The molecule has 1 fully saturated rings. The highest BCUT2D eigenvalue weighted by atomic mass is 16.5. The lowest BCUT2D eigenvalue weighted by atomic mass is 10.1. The molecule has 0 aliphatic carbocycles. The Morgan fingerprint density at radius 1 is 1.44 bits per heavy atom. The molecular weight excluding hydrogens is 236 g/mol. The zero-order valence-corrected chi connectivity index (χ0v) is 10.9. The predicted molar refractivity (Wildman–Crippen MR) is 66.6 cm³/mol. The van der Waals surface area contributed by atoms with Gasteiger partial charge in [-0.1, -0.05) is 13.3 Å². The summed E-state index contributed by atoms with van der Waals surface area (Å²) in [5.74, 6) is 0. The maximum absolute atomic E-state index is 11.5. The second-order valence-electron chi connectivity index (χ2n) is 4.56. The zero-order chi connectivity index (χ0) is 13.4. The fraction of sp³-hybridized carbons (Fsp3) is 0.833. The topological polar surface area (TPSA) is 78.9 Å². The molecule has 6 heteroatoms. The molecule has 0 aromatic heterocycles. The lowest BCUT2D eigenvalue weighted by Gasteiger charge is -2.22. The molecular formula is C12H22N2O4. The van der Waals surface area contributed by atoms with E-state index in [9.17, 15) is 9.59 Å². The maximum atomic E-state index is 11.5. The molecule has 104 valence electrons. The molecule has 0 radical (unpaired) electrons. The third kappa shape index (κ3) is 5.25. The van der Waals surface area contributed by atoms with Crippen LogP contribution in [0, 0.1) is 0 Å². The van der Waals surface area contributed by atoms with Gasteiger partial charge in [-0.05, 0) is 25.7 Å². The van der Waals surface area contributed by atoms with Crippen molar-refractivity contribution in [1.29, 1.82) is 0 Å². The molecule has 0 saturated carbocycles. The Morgan fingerprint density at radius 3 is 2.89 bits per heavy atom. The molecule has 18 heavy (non-hydrogen) atoms. The summed E-state index contributed by atoms with van der Waals surface area (Å²) in [7, 11) is 0. The van der Waals surface area contributed by atoms with Gasteiger partial charge in [-0.3, -0.25) is 0 Å². The van der Waals surface area contributed by atoms with Gasteiger partial charge in [0.05, 0.1) is 6.61 Å². The summed E-state index contributed by atoms with van der Waals surface area (Å²) < 4.78 is 5.01. The number of carbonyl (C=O) groups excluding carboxylic acids is 1. The van der Waals surface area contributed by atoms with Crippen LogP contribution in [0.15, 0.2) is 0 Å². The predicted octanol–water partition coefficient (Wildman–Crippen LogP) is 2.05. The van der Waals surface area contributed by atoms with Gasteiger partial charge >= 0.3 is 12.2 Å². The summed E-state index contributed by atoms with van der Waals surface area (Å²) in [6.07, 6.45) is 3.01. The van der Waals surface area contributed by atoms with Crippen LogP contribution in [0.25, 0.3) is 0 Å². The van der Waals surface area contributed by atoms with Crippen LogP contribution in [-0.4, -0.2) is 47.9 Å². The number of hydrogen-bond donors (Lipinski definition) is 2. The van der Waals surface area contributed by atoms with Gasteiger partial charge in [0.25, 0.3) is 0 Å². The smallest absolute Gasteiger partial charge is 0.407 e. The number of amides is 2. The lowest BCUT2D eigenvalue weighted by molar-refractivity contribution is 0.129. The summed E-state index contributed by atoms with van der Waals surface area (Å²) in [6, 6.07) is -0.141. The van der Waals surface area contributed by atoms with Gasteiger partial charge in [0.15, 0.2) is 0 Å². The van der Waals surface area contributed by atoms with E-state index >= 15 is 0 Å². The van der Waals surface area contributed by atoms with Crippen molar-refractivity contribution in [2.45, 2.75) is 45.1 Å². The third-order valence-electron chi connectivity index (χ3n) is 2.99. The van der Waals surface area contributed by atoms with Crippen LogP contribution < -0.4 is 5.32 Å². The molecule has 0 bridgehead atoms. The Morgan fingerprint density at radius 2 is 2.22 bits per heavy atom. The van der Waals surface area contributed by atoms with Crippen LogP contribution in [-0.2, 0) is 4.74 Å². The van der Waals surface area contributed by atoms with Gasteiger partial charge in [-0.15, -0.1) is 0 Å². The van der Waals surface area contributed by atoms with Gasteiger partial charge in [0, 0.05) is 19.1 Å². The van der Waals surface area contributed by atoms with E-state index in [0.29, 0.717) is 19.7 Å². The van der Waals surface area contributed by atoms with Gasteiger partial charge in [0.1, 0.15) is 0 Å². The quantitative estimate of drug-likeness (QED) is 0.756. The standard InChI is InChI=1S/C12H22N2O4/c1-2-3-8-18-11(15)13-10-6-4-5-7-14(9-10)12(16)17/h10H,2-9H2,1H3,(H,13,15)(H,16,17)/t10-/m0/s1. The van der Waals surface area contributed by atoms with Gasteiger partial charge in [-0.25, -0.2) is 9.59 Å². The van der Waals surface area contributed by atoms with Gasteiger partial charge in [0.2, 0.25) is 0 Å². The van der Waals surface area contributed by atoms with Crippen molar-refractivity contribution >= 4 is 12.2 Å². The van der Waals surface area contributed by atoms with Gasteiger partial charge < -0.3 is 20.1 Å². The largest absolute Gasteiger partial charge is 0.465 e. The number of hydrogen-bond acceptors (Lipinski definition) is 3. The molecule has 0 aromatic rings. The normalized spacial score (nSPS) is 20.1. The van der Waals surface area contributed by atoms with Crippen LogP contribution in [0.3, 0.4) is 0 Å². The van der Waals surface area contributed by atoms with Crippen molar-refractivity contribution < 1.29 is 19.4 Å². The van der Waals surface area contributed by atoms with Crippen molar-refractivity contribution in [2.75, 3.05) is 19.7 Å². The molecule has 0 aromatic carbocycles. The molecule has 2 amide bonds. The second-order valence-corrected chi connectivity index (χ2v) is 4.56. The number of nitrogens with zero attached hydrogens (tertiary/aromatic N) is 1. The van der Waals surface area contributed by atoms with Crippen molar-refractivity contribution in [3.8, 4) is 0 Å². The SMILES string of the molecule is CCCCOC(=O)N[C@H]1CCCCN(C(=O)O)C1. The Kier molecular flexibility index (Phi) is 6.32. The Balaban J connectivity index is 2.34. The molecule has 1 aliphatic heterocycles. The van der Waals surface area contributed by atoms with Crippen molar-refractivity contribution in [3.05, 3.63) is 0 Å². The van der Waals surface area contributed by atoms with Crippen molar-refractivity contribution in [1.82, 2.24) is 10.2 Å². The first-order chi connectivity index (χ1) is 8.63. The zero-order valence-electron chi connectivity index (χ0n) is 10.9. The molecule has 2 N–H and O–H groups in total. The summed E-state index contributed by atoms with van der Waals surface area (Å²) in [5, 5.41) is 11.7. The van der Waals surface area contributed by atoms with Gasteiger partial charge in [-0.2, -0.15) is 0 Å². The molecule has 6 nitrogen and oxygen atoms in total. The van der Waals surface area contributed by atoms with Crippen LogP contribution in [0.1, 0.15) is 39.0 Å². The molecule has 1 rings (SSSR count). The second kappa shape index (κ2) is 7.79. The first-order valence-electron chi connectivity index (χ1n) is 6.54. The van der Waals surface area contributed by atoms with Crippen LogP contribution in [0.4, 0.5) is 9.59 Å². The van der Waals surface area contributed by atoms with Crippen LogP contribution in [0.2, 0.25) is 0 Å². The maximum Gasteiger partial charge on any atom is 0.407 e. The minimum absolute atomic E-state index is 0.141. The first-order valence-corrected chi connectivity index (χ1v) is 6.54. The number of rotatable bonds is 4. The van der Waals surface area contributed by atoms with E-state index in [1.807, 2.05) is 6.92 Å². The number of unbranched alkanes of at least 4 members (excludes halogenated alkanes) is 1. The summed E-state index contributed by atoms with van der Waals surface area (Å²) >= 11 is 0. The monoisotopic (exact) mass is 258 g/mol. The summed E-state index contributed by atoms with van der Waals surface area (Å²) in [6.45, 7) is 3.33. The van der Waals surface area contributed by atoms with Crippen LogP contribution >= 0.6 is 0 Å².